The third-order valence-corrected chi connectivity index (χ3v) is 4.75. The lowest BCUT2D eigenvalue weighted by atomic mass is 10.1. The van der Waals surface area contributed by atoms with Crippen LogP contribution in [-0.2, 0) is 0 Å². The Labute approximate surface area is 166 Å². The quantitative estimate of drug-likeness (QED) is 0.624. The molecule has 2 aromatic carbocycles. The van der Waals surface area contributed by atoms with Crippen LogP contribution in [0.3, 0.4) is 0 Å². The molecule has 1 aliphatic heterocycles. The predicted molar refractivity (Wildman–Crippen MR) is 103 cm³/mol. The Balaban J connectivity index is 1.65. The summed E-state index contributed by atoms with van der Waals surface area (Å²) in [7, 11) is 0. The zero-order valence-electron chi connectivity index (χ0n) is 15.7. The average molecular weight is 397 g/mol. The lowest BCUT2D eigenvalue weighted by molar-refractivity contribution is -0.384. The van der Waals surface area contributed by atoms with Gasteiger partial charge in [0.2, 0.25) is 0 Å². The Hall–Kier alpha value is -3.75. The number of aryl methyl sites for hydroxylation is 1. The van der Waals surface area contributed by atoms with Crippen LogP contribution in [0.5, 0.6) is 0 Å². The molecule has 3 rings (SSSR count). The van der Waals surface area contributed by atoms with Gasteiger partial charge in [-0.3, -0.25) is 19.7 Å². The second kappa shape index (κ2) is 8.09. The number of aromatic carboxylic acids is 1. The summed E-state index contributed by atoms with van der Waals surface area (Å²) >= 11 is 0. The normalized spacial score (nSPS) is 13.8. The van der Waals surface area contributed by atoms with Crippen LogP contribution in [0.15, 0.2) is 42.5 Å². The van der Waals surface area contributed by atoms with E-state index in [-0.39, 0.29) is 23.1 Å². The number of hydrogen-bond acceptors (Lipinski definition) is 5. The number of hydrogen-bond donors (Lipinski definition) is 1. The predicted octanol–water partition coefficient (Wildman–Crippen LogP) is 2.20. The summed E-state index contributed by atoms with van der Waals surface area (Å²) in [6, 6.07) is 9.89. The zero-order valence-corrected chi connectivity index (χ0v) is 15.7. The highest BCUT2D eigenvalue weighted by atomic mass is 16.6. The fourth-order valence-corrected chi connectivity index (χ4v) is 3.23. The van der Waals surface area contributed by atoms with Gasteiger partial charge >= 0.3 is 5.97 Å². The molecule has 0 bridgehead atoms. The maximum absolute atomic E-state index is 12.7. The van der Waals surface area contributed by atoms with Crippen molar-refractivity contribution in [3.63, 3.8) is 0 Å². The van der Waals surface area contributed by atoms with Crippen molar-refractivity contribution in [2.75, 3.05) is 26.2 Å². The van der Waals surface area contributed by atoms with Crippen molar-refractivity contribution in [2.24, 2.45) is 0 Å². The van der Waals surface area contributed by atoms with Crippen molar-refractivity contribution < 1.29 is 24.4 Å². The number of rotatable bonds is 4. The molecule has 9 nitrogen and oxygen atoms in total. The number of amides is 2. The van der Waals surface area contributed by atoms with E-state index in [4.69, 9.17) is 0 Å². The molecular weight excluding hydrogens is 378 g/mol. The second-order valence-corrected chi connectivity index (χ2v) is 6.78. The molecule has 2 aromatic rings. The van der Waals surface area contributed by atoms with Gasteiger partial charge in [-0.1, -0.05) is 0 Å². The monoisotopic (exact) mass is 397 g/mol. The highest BCUT2D eigenvalue weighted by Gasteiger charge is 2.26. The van der Waals surface area contributed by atoms with E-state index in [2.05, 4.69) is 0 Å². The molecule has 0 unspecified atom stereocenters. The number of piperazine rings is 1. The van der Waals surface area contributed by atoms with Gasteiger partial charge in [-0.2, -0.15) is 0 Å². The van der Waals surface area contributed by atoms with Crippen LogP contribution >= 0.6 is 0 Å². The number of carboxylic acid groups (broad SMARTS) is 1. The van der Waals surface area contributed by atoms with Crippen LogP contribution in [0.2, 0.25) is 0 Å². The van der Waals surface area contributed by atoms with Gasteiger partial charge in [0, 0.05) is 49.4 Å². The van der Waals surface area contributed by atoms with Crippen LogP contribution in [-0.4, -0.2) is 63.8 Å². The van der Waals surface area contributed by atoms with Crippen LogP contribution in [0.1, 0.15) is 36.6 Å². The SMILES string of the molecule is Cc1cc(C(=O)O)cc(C(=O)N2CCN(C(=O)c3ccc([N+](=O)[O-])cc3)CC2)c1. The summed E-state index contributed by atoms with van der Waals surface area (Å²) < 4.78 is 0. The summed E-state index contributed by atoms with van der Waals surface area (Å²) in [6.07, 6.45) is 0. The molecule has 0 aromatic heterocycles. The standard InChI is InChI=1S/C20H19N3O6/c1-13-10-15(12-16(11-13)20(26)27)19(25)22-8-6-21(7-9-22)18(24)14-2-4-17(5-3-14)23(28)29/h2-5,10-12H,6-9H2,1H3,(H,26,27). The molecule has 0 spiro atoms. The molecule has 150 valence electrons. The lowest BCUT2D eigenvalue weighted by Gasteiger charge is -2.35. The van der Waals surface area contributed by atoms with Gasteiger partial charge in [0.25, 0.3) is 17.5 Å². The topological polar surface area (TPSA) is 121 Å². The number of nitro benzene ring substituents is 1. The fourth-order valence-electron chi connectivity index (χ4n) is 3.23. The molecule has 1 heterocycles. The maximum atomic E-state index is 12.7. The maximum Gasteiger partial charge on any atom is 0.335 e. The Morgan fingerprint density at radius 1 is 0.862 bits per heavy atom. The Morgan fingerprint density at radius 2 is 1.34 bits per heavy atom. The van der Waals surface area contributed by atoms with E-state index >= 15 is 0 Å². The molecule has 0 saturated carbocycles. The van der Waals surface area contributed by atoms with Gasteiger partial charge in [-0.15, -0.1) is 0 Å². The summed E-state index contributed by atoms with van der Waals surface area (Å²) in [4.78, 5) is 49.9. The van der Waals surface area contributed by atoms with E-state index < -0.39 is 10.9 Å². The van der Waals surface area contributed by atoms with E-state index in [0.29, 0.717) is 42.9 Å². The molecule has 2 amide bonds. The van der Waals surface area contributed by atoms with E-state index in [0.717, 1.165) is 0 Å². The molecular formula is C20H19N3O6. The Bertz CT molecular complexity index is 978. The van der Waals surface area contributed by atoms with Crippen LogP contribution in [0.4, 0.5) is 5.69 Å². The first-order valence-electron chi connectivity index (χ1n) is 8.94. The molecule has 9 heteroatoms. The van der Waals surface area contributed by atoms with Crippen LogP contribution < -0.4 is 0 Å². The largest absolute Gasteiger partial charge is 0.478 e. The number of nitro groups is 1. The zero-order chi connectivity index (χ0) is 21.1. The smallest absolute Gasteiger partial charge is 0.335 e. The number of carbonyl (C=O) groups is 3. The molecule has 0 radical (unpaired) electrons. The summed E-state index contributed by atoms with van der Waals surface area (Å²) in [5.74, 6) is -1.63. The molecule has 0 atom stereocenters. The van der Waals surface area contributed by atoms with E-state index in [1.165, 1.54) is 36.4 Å². The van der Waals surface area contributed by atoms with Crippen molar-refractivity contribution in [1.82, 2.24) is 9.80 Å². The Kier molecular flexibility index (Phi) is 5.58. The van der Waals surface area contributed by atoms with Gasteiger partial charge in [-0.05, 0) is 42.8 Å². The fraction of sp³-hybridized carbons (Fsp3) is 0.250. The average Bonchev–Trinajstić information content (AvgIpc) is 2.72. The minimum Gasteiger partial charge on any atom is -0.478 e. The number of carbonyl (C=O) groups excluding carboxylic acids is 2. The minimum absolute atomic E-state index is 0.0559. The third kappa shape index (κ3) is 4.40. The van der Waals surface area contributed by atoms with Gasteiger partial charge in [0.05, 0.1) is 10.5 Å². The van der Waals surface area contributed by atoms with Gasteiger partial charge in [0.15, 0.2) is 0 Å². The highest BCUT2D eigenvalue weighted by Crippen LogP contribution is 2.17. The van der Waals surface area contributed by atoms with Crippen molar-refractivity contribution in [1.29, 1.82) is 0 Å². The Morgan fingerprint density at radius 3 is 1.83 bits per heavy atom. The first-order chi connectivity index (χ1) is 13.8. The first-order valence-corrected chi connectivity index (χ1v) is 8.94. The minimum atomic E-state index is -1.10. The summed E-state index contributed by atoms with van der Waals surface area (Å²) in [6.45, 7) is 2.99. The van der Waals surface area contributed by atoms with E-state index in [1.54, 1.807) is 22.8 Å². The molecule has 1 N–H and O–H groups in total. The summed E-state index contributed by atoms with van der Waals surface area (Å²) in [5.41, 5.74) is 1.30. The van der Waals surface area contributed by atoms with Gasteiger partial charge in [0.1, 0.15) is 0 Å². The van der Waals surface area contributed by atoms with E-state index in [1.807, 2.05) is 0 Å². The molecule has 29 heavy (non-hydrogen) atoms. The third-order valence-electron chi connectivity index (χ3n) is 4.75. The van der Waals surface area contributed by atoms with Gasteiger partial charge < -0.3 is 14.9 Å². The van der Waals surface area contributed by atoms with Crippen molar-refractivity contribution in [3.05, 3.63) is 74.8 Å². The molecule has 1 aliphatic rings. The summed E-state index contributed by atoms with van der Waals surface area (Å²) in [5, 5.41) is 19.9. The lowest BCUT2D eigenvalue weighted by Crippen LogP contribution is -2.50. The first kappa shape index (κ1) is 20.0. The molecule has 1 fully saturated rings. The second-order valence-electron chi connectivity index (χ2n) is 6.78. The van der Waals surface area contributed by atoms with Crippen LogP contribution in [0, 0.1) is 17.0 Å². The number of non-ortho nitro benzene ring substituents is 1. The van der Waals surface area contributed by atoms with Crippen molar-refractivity contribution in [3.8, 4) is 0 Å². The highest BCUT2D eigenvalue weighted by molar-refractivity contribution is 5.98. The number of benzene rings is 2. The van der Waals surface area contributed by atoms with Crippen molar-refractivity contribution in [2.45, 2.75) is 6.92 Å². The van der Waals surface area contributed by atoms with E-state index in [9.17, 15) is 29.6 Å². The van der Waals surface area contributed by atoms with Crippen molar-refractivity contribution >= 4 is 23.5 Å². The van der Waals surface area contributed by atoms with Gasteiger partial charge in [-0.25, -0.2) is 4.79 Å². The number of nitrogens with zero attached hydrogens (tertiary/aromatic N) is 3. The van der Waals surface area contributed by atoms with Crippen LogP contribution in [0.25, 0.3) is 0 Å². The molecule has 1 saturated heterocycles. The number of carboxylic acids is 1. The molecule has 0 aliphatic carbocycles.